The Morgan fingerprint density at radius 2 is 2.10 bits per heavy atom. The van der Waals surface area contributed by atoms with Gasteiger partial charge in [0.2, 0.25) is 0 Å². The van der Waals surface area contributed by atoms with E-state index < -0.39 is 5.97 Å². The second-order valence-corrected chi connectivity index (χ2v) is 4.53. The minimum Gasteiger partial charge on any atom is -0.493 e. The number of fused-ring (bicyclic) bond motifs is 1. The fourth-order valence-corrected chi connectivity index (χ4v) is 1.92. The van der Waals surface area contributed by atoms with Gasteiger partial charge < -0.3 is 14.6 Å². The molecule has 1 heterocycles. The molecule has 2 rings (SSSR count). The number of pyridine rings is 1. The van der Waals surface area contributed by atoms with Gasteiger partial charge in [-0.3, -0.25) is 0 Å². The number of benzene rings is 1. The highest BCUT2D eigenvalue weighted by Crippen LogP contribution is 2.26. The van der Waals surface area contributed by atoms with Crippen LogP contribution in [0.2, 0.25) is 0 Å². The smallest absolute Gasteiger partial charge is 0.354 e. The fraction of sp³-hybridized carbons (Fsp3) is 0.333. The van der Waals surface area contributed by atoms with Gasteiger partial charge in [-0.15, -0.1) is 0 Å². The molecule has 20 heavy (non-hydrogen) atoms. The lowest BCUT2D eigenvalue weighted by Crippen LogP contribution is -2.05. The van der Waals surface area contributed by atoms with Crippen LogP contribution < -0.4 is 4.74 Å². The predicted molar refractivity (Wildman–Crippen MR) is 75.4 cm³/mol. The summed E-state index contributed by atoms with van der Waals surface area (Å²) in [6.07, 6.45) is 0.745. The van der Waals surface area contributed by atoms with Crippen LogP contribution in [-0.4, -0.2) is 36.4 Å². The van der Waals surface area contributed by atoms with Gasteiger partial charge >= 0.3 is 5.97 Å². The Bertz CT molecular complexity index is 625. The van der Waals surface area contributed by atoms with Crippen molar-refractivity contribution >= 4 is 16.9 Å². The summed E-state index contributed by atoms with van der Waals surface area (Å²) in [6, 6.07) is 7.12. The quantitative estimate of drug-likeness (QED) is 0.821. The molecular weight excluding hydrogens is 258 g/mol. The standard InChI is InChI=1S/C15H17NO4/c1-10-4-5-12-11(8-10)14(20-7-3-6-19-2)9-13(16-12)15(17)18/h4-5,8-9H,3,6-7H2,1-2H3,(H,17,18). The minimum atomic E-state index is -1.06. The number of carbonyl (C=O) groups is 1. The molecule has 0 saturated heterocycles. The van der Waals surface area contributed by atoms with Crippen molar-refractivity contribution in [1.82, 2.24) is 4.98 Å². The van der Waals surface area contributed by atoms with Crippen LogP contribution in [0.3, 0.4) is 0 Å². The first-order valence-corrected chi connectivity index (χ1v) is 6.38. The van der Waals surface area contributed by atoms with E-state index in [1.54, 1.807) is 13.2 Å². The second-order valence-electron chi connectivity index (χ2n) is 4.53. The van der Waals surface area contributed by atoms with Gasteiger partial charge in [-0.2, -0.15) is 0 Å². The van der Waals surface area contributed by atoms with E-state index in [1.807, 2.05) is 19.1 Å². The van der Waals surface area contributed by atoms with Gasteiger partial charge in [0.05, 0.1) is 12.1 Å². The van der Waals surface area contributed by atoms with Crippen LogP contribution in [0.1, 0.15) is 22.5 Å². The number of ether oxygens (including phenoxy) is 2. The molecule has 106 valence electrons. The topological polar surface area (TPSA) is 68.7 Å². The van der Waals surface area contributed by atoms with E-state index in [-0.39, 0.29) is 5.69 Å². The van der Waals surface area contributed by atoms with E-state index in [4.69, 9.17) is 14.6 Å². The number of carboxylic acids is 1. The summed E-state index contributed by atoms with van der Waals surface area (Å²) in [5.41, 5.74) is 1.68. The van der Waals surface area contributed by atoms with Crippen LogP contribution in [0, 0.1) is 6.92 Å². The molecule has 0 radical (unpaired) electrons. The number of aromatic carboxylic acids is 1. The van der Waals surface area contributed by atoms with Crippen LogP contribution in [0.15, 0.2) is 24.3 Å². The van der Waals surface area contributed by atoms with Crippen molar-refractivity contribution in [3.8, 4) is 5.75 Å². The van der Waals surface area contributed by atoms with Crippen LogP contribution >= 0.6 is 0 Å². The number of methoxy groups -OCH3 is 1. The first-order valence-electron chi connectivity index (χ1n) is 6.38. The number of carboxylic acid groups (broad SMARTS) is 1. The summed E-state index contributed by atoms with van der Waals surface area (Å²) in [6.45, 7) is 3.05. The highest BCUT2D eigenvalue weighted by atomic mass is 16.5. The SMILES string of the molecule is COCCCOc1cc(C(=O)O)nc2ccc(C)cc12. The molecule has 0 fully saturated rings. The molecule has 0 amide bonds. The van der Waals surface area contributed by atoms with Crippen LogP contribution in [0.4, 0.5) is 0 Å². The molecule has 0 aliphatic carbocycles. The molecule has 1 N–H and O–H groups in total. The normalized spacial score (nSPS) is 10.7. The first-order chi connectivity index (χ1) is 9.61. The van der Waals surface area contributed by atoms with Crippen molar-refractivity contribution in [2.24, 2.45) is 0 Å². The Balaban J connectivity index is 2.37. The molecule has 0 unspecified atom stereocenters. The summed E-state index contributed by atoms with van der Waals surface area (Å²) in [7, 11) is 1.63. The van der Waals surface area contributed by atoms with E-state index in [0.29, 0.717) is 24.5 Å². The molecule has 1 aromatic heterocycles. The Morgan fingerprint density at radius 1 is 1.30 bits per heavy atom. The Kier molecular flexibility index (Phi) is 4.53. The van der Waals surface area contributed by atoms with Crippen molar-refractivity contribution in [3.05, 3.63) is 35.5 Å². The van der Waals surface area contributed by atoms with Gasteiger partial charge in [0.1, 0.15) is 5.75 Å². The van der Waals surface area contributed by atoms with Crippen LogP contribution in [-0.2, 0) is 4.74 Å². The zero-order valence-electron chi connectivity index (χ0n) is 11.5. The molecule has 5 nitrogen and oxygen atoms in total. The first kappa shape index (κ1) is 14.3. The van der Waals surface area contributed by atoms with E-state index in [9.17, 15) is 4.79 Å². The molecule has 0 spiro atoms. The maximum absolute atomic E-state index is 11.1. The summed E-state index contributed by atoms with van der Waals surface area (Å²) < 4.78 is 10.6. The lowest BCUT2D eigenvalue weighted by molar-refractivity contribution is 0.0690. The largest absolute Gasteiger partial charge is 0.493 e. The number of aryl methyl sites for hydroxylation is 1. The number of rotatable bonds is 6. The van der Waals surface area contributed by atoms with Crippen LogP contribution in [0.25, 0.3) is 10.9 Å². The second kappa shape index (κ2) is 6.34. The molecule has 0 atom stereocenters. The van der Waals surface area contributed by atoms with Gasteiger partial charge in [0.25, 0.3) is 0 Å². The minimum absolute atomic E-state index is 0.0110. The molecule has 2 aromatic rings. The van der Waals surface area contributed by atoms with Crippen molar-refractivity contribution in [2.75, 3.05) is 20.3 Å². The van der Waals surface area contributed by atoms with Crippen LogP contribution in [0.5, 0.6) is 5.75 Å². The van der Waals surface area contributed by atoms with E-state index in [1.165, 1.54) is 6.07 Å². The molecule has 1 aromatic carbocycles. The summed E-state index contributed by atoms with van der Waals surface area (Å²) in [5, 5.41) is 9.92. The van der Waals surface area contributed by atoms with Gasteiger partial charge in [0.15, 0.2) is 5.69 Å². The lowest BCUT2D eigenvalue weighted by atomic mass is 10.1. The maximum atomic E-state index is 11.1. The van der Waals surface area contributed by atoms with E-state index in [2.05, 4.69) is 4.98 Å². The highest BCUT2D eigenvalue weighted by molar-refractivity contribution is 5.93. The highest BCUT2D eigenvalue weighted by Gasteiger charge is 2.12. The molecule has 0 bridgehead atoms. The number of nitrogens with zero attached hydrogens (tertiary/aromatic N) is 1. The number of hydrogen-bond donors (Lipinski definition) is 1. The van der Waals surface area contributed by atoms with E-state index in [0.717, 1.165) is 17.4 Å². The Morgan fingerprint density at radius 3 is 2.80 bits per heavy atom. The van der Waals surface area contributed by atoms with Gasteiger partial charge in [0, 0.05) is 31.6 Å². The average Bonchev–Trinajstić information content (AvgIpc) is 2.43. The number of hydrogen-bond acceptors (Lipinski definition) is 4. The fourth-order valence-electron chi connectivity index (χ4n) is 1.92. The van der Waals surface area contributed by atoms with Gasteiger partial charge in [-0.05, 0) is 19.1 Å². The average molecular weight is 275 g/mol. The molecular formula is C15H17NO4. The zero-order valence-corrected chi connectivity index (χ0v) is 11.5. The Labute approximate surface area is 117 Å². The van der Waals surface area contributed by atoms with Crippen molar-refractivity contribution < 1.29 is 19.4 Å². The third kappa shape index (κ3) is 3.24. The van der Waals surface area contributed by atoms with Crippen molar-refractivity contribution in [1.29, 1.82) is 0 Å². The number of aromatic nitrogens is 1. The molecule has 0 aliphatic heterocycles. The van der Waals surface area contributed by atoms with Crippen molar-refractivity contribution in [3.63, 3.8) is 0 Å². The van der Waals surface area contributed by atoms with Gasteiger partial charge in [-0.1, -0.05) is 11.6 Å². The summed E-state index contributed by atoms with van der Waals surface area (Å²) in [4.78, 5) is 15.2. The zero-order chi connectivity index (χ0) is 14.5. The monoisotopic (exact) mass is 275 g/mol. The maximum Gasteiger partial charge on any atom is 0.354 e. The summed E-state index contributed by atoms with van der Waals surface area (Å²) >= 11 is 0. The van der Waals surface area contributed by atoms with Crippen molar-refractivity contribution in [2.45, 2.75) is 13.3 Å². The summed E-state index contributed by atoms with van der Waals surface area (Å²) in [5.74, 6) is -0.513. The van der Waals surface area contributed by atoms with Gasteiger partial charge in [-0.25, -0.2) is 9.78 Å². The molecule has 0 saturated carbocycles. The molecule has 0 aliphatic rings. The molecule has 5 heteroatoms. The lowest BCUT2D eigenvalue weighted by Gasteiger charge is -2.10. The predicted octanol–water partition coefficient (Wildman–Crippen LogP) is 2.66. The third-order valence-corrected chi connectivity index (χ3v) is 2.90. The Hall–Kier alpha value is -2.14. The van der Waals surface area contributed by atoms with E-state index >= 15 is 0 Å². The third-order valence-electron chi connectivity index (χ3n) is 2.90.